The molecule has 0 spiro atoms. The summed E-state index contributed by atoms with van der Waals surface area (Å²) in [5.74, 6) is 1.87. The molecule has 0 atom stereocenters. The first-order valence-corrected chi connectivity index (χ1v) is 8.98. The zero-order chi connectivity index (χ0) is 19.1. The number of hydrogen-bond donors (Lipinski definition) is 1. The average molecular weight is 371 g/mol. The Labute approximate surface area is 159 Å². The number of carbonyl (C=O) groups excluding carboxylic acids is 1. The van der Waals surface area contributed by atoms with Gasteiger partial charge < -0.3 is 24.3 Å². The van der Waals surface area contributed by atoms with Crippen LogP contribution < -0.4 is 19.5 Å². The lowest BCUT2D eigenvalue weighted by atomic mass is 9.74. The largest absolute Gasteiger partial charge is 0.493 e. The van der Waals surface area contributed by atoms with Crippen molar-refractivity contribution in [1.29, 1.82) is 0 Å². The zero-order valence-corrected chi connectivity index (χ0v) is 15.7. The predicted octanol–water partition coefficient (Wildman–Crippen LogP) is 3.54. The molecular formula is C21H25NO5. The summed E-state index contributed by atoms with van der Waals surface area (Å²) in [4.78, 5) is 12.2. The summed E-state index contributed by atoms with van der Waals surface area (Å²) in [6.45, 7) is 1.74. The van der Waals surface area contributed by atoms with Gasteiger partial charge in [0.25, 0.3) is 0 Å². The fraction of sp³-hybridized carbons (Fsp3) is 0.381. The summed E-state index contributed by atoms with van der Waals surface area (Å²) in [5, 5.41) is 2.92. The molecule has 6 nitrogen and oxygen atoms in total. The molecule has 2 aromatic carbocycles. The van der Waals surface area contributed by atoms with Crippen LogP contribution >= 0.6 is 0 Å². The fourth-order valence-corrected chi connectivity index (χ4v) is 3.37. The number of benzene rings is 2. The van der Waals surface area contributed by atoms with Gasteiger partial charge >= 0.3 is 6.09 Å². The number of hydrogen-bond acceptors (Lipinski definition) is 5. The lowest BCUT2D eigenvalue weighted by Gasteiger charge is -2.38. The van der Waals surface area contributed by atoms with E-state index < -0.39 is 6.09 Å². The van der Waals surface area contributed by atoms with Crippen molar-refractivity contribution >= 4 is 6.09 Å². The molecule has 1 N–H and O–H groups in total. The van der Waals surface area contributed by atoms with Crippen LogP contribution in [0.4, 0.5) is 4.79 Å². The number of ether oxygens (including phenoxy) is 4. The minimum atomic E-state index is -0.465. The molecule has 0 unspecified atom stereocenters. The molecule has 0 saturated carbocycles. The van der Waals surface area contributed by atoms with Gasteiger partial charge in [0.2, 0.25) is 0 Å². The summed E-state index contributed by atoms with van der Waals surface area (Å²) in [6.07, 6.45) is 1.13. The van der Waals surface area contributed by atoms with E-state index in [0.29, 0.717) is 37.0 Å². The lowest BCUT2D eigenvalue weighted by Crippen LogP contribution is -2.45. The third kappa shape index (κ3) is 4.52. The molecule has 1 amide bonds. The van der Waals surface area contributed by atoms with Crippen molar-refractivity contribution in [1.82, 2.24) is 5.32 Å². The molecule has 1 heterocycles. The maximum atomic E-state index is 12.2. The van der Waals surface area contributed by atoms with Gasteiger partial charge in [-0.25, -0.2) is 4.79 Å². The quantitative estimate of drug-likeness (QED) is 0.841. The van der Waals surface area contributed by atoms with Crippen LogP contribution in [-0.4, -0.2) is 40.1 Å². The molecule has 0 aliphatic carbocycles. The first-order chi connectivity index (χ1) is 13.2. The third-order valence-corrected chi connectivity index (χ3v) is 4.97. The van der Waals surface area contributed by atoms with Gasteiger partial charge in [-0.15, -0.1) is 0 Å². The van der Waals surface area contributed by atoms with E-state index in [0.717, 1.165) is 18.4 Å². The second kappa shape index (κ2) is 8.77. The Kier molecular flexibility index (Phi) is 6.19. The van der Waals surface area contributed by atoms with E-state index in [1.165, 1.54) is 0 Å². The van der Waals surface area contributed by atoms with Crippen LogP contribution in [0.15, 0.2) is 48.5 Å². The van der Waals surface area contributed by atoms with E-state index in [2.05, 4.69) is 5.32 Å². The monoisotopic (exact) mass is 371 g/mol. The van der Waals surface area contributed by atoms with Crippen LogP contribution in [0.25, 0.3) is 0 Å². The molecule has 0 radical (unpaired) electrons. The first-order valence-electron chi connectivity index (χ1n) is 8.98. The van der Waals surface area contributed by atoms with E-state index >= 15 is 0 Å². The molecule has 144 valence electrons. The fourth-order valence-electron chi connectivity index (χ4n) is 3.37. The Hall–Kier alpha value is -2.73. The number of rotatable bonds is 6. The van der Waals surface area contributed by atoms with Crippen molar-refractivity contribution in [3.05, 3.63) is 54.1 Å². The van der Waals surface area contributed by atoms with E-state index in [4.69, 9.17) is 18.9 Å². The summed E-state index contributed by atoms with van der Waals surface area (Å²) >= 11 is 0. The molecule has 1 aliphatic heterocycles. The second-order valence-electron chi connectivity index (χ2n) is 6.52. The number of carbonyl (C=O) groups is 1. The van der Waals surface area contributed by atoms with Gasteiger partial charge in [0.15, 0.2) is 11.5 Å². The van der Waals surface area contributed by atoms with Crippen molar-refractivity contribution in [3.63, 3.8) is 0 Å². The van der Waals surface area contributed by atoms with Crippen LogP contribution in [0, 0.1) is 0 Å². The minimum Gasteiger partial charge on any atom is -0.493 e. The zero-order valence-electron chi connectivity index (χ0n) is 15.7. The summed E-state index contributed by atoms with van der Waals surface area (Å²) in [5.41, 5.74) is 0.844. The van der Waals surface area contributed by atoms with Gasteiger partial charge in [-0.3, -0.25) is 0 Å². The standard InChI is InChI=1S/C21H25NO5/c1-24-18-9-8-16(14-19(18)25-2)21(10-12-26-13-11-21)15-22-20(23)27-17-6-4-3-5-7-17/h3-9,14H,10-13,15H2,1-2H3,(H,22,23). The first kappa shape index (κ1) is 19.0. The van der Waals surface area contributed by atoms with E-state index in [9.17, 15) is 4.79 Å². The molecule has 6 heteroatoms. The van der Waals surface area contributed by atoms with Gasteiger partial charge in [-0.1, -0.05) is 24.3 Å². The second-order valence-corrected chi connectivity index (χ2v) is 6.52. The SMILES string of the molecule is COc1ccc(C2(CNC(=O)Oc3ccccc3)CCOCC2)cc1OC. The van der Waals surface area contributed by atoms with Crippen LogP contribution in [0.5, 0.6) is 17.2 Å². The highest BCUT2D eigenvalue weighted by molar-refractivity contribution is 5.70. The maximum absolute atomic E-state index is 12.2. The molecule has 27 heavy (non-hydrogen) atoms. The Bertz CT molecular complexity index is 756. The van der Waals surface area contributed by atoms with Crippen molar-refractivity contribution in [2.24, 2.45) is 0 Å². The van der Waals surface area contributed by atoms with Gasteiger partial charge in [0, 0.05) is 25.2 Å². The predicted molar refractivity (Wildman–Crippen MR) is 102 cm³/mol. The third-order valence-electron chi connectivity index (χ3n) is 4.97. The highest BCUT2D eigenvalue weighted by atomic mass is 16.6. The van der Waals surface area contributed by atoms with Gasteiger partial charge in [-0.05, 0) is 42.7 Å². The van der Waals surface area contributed by atoms with E-state index in [1.807, 2.05) is 36.4 Å². The molecule has 1 aliphatic rings. The molecule has 1 saturated heterocycles. The summed E-state index contributed by atoms with van der Waals surface area (Å²) < 4.78 is 21.7. The Morgan fingerprint density at radius 1 is 1.04 bits per heavy atom. The normalized spacial score (nSPS) is 15.6. The van der Waals surface area contributed by atoms with Crippen LogP contribution in [0.3, 0.4) is 0 Å². The van der Waals surface area contributed by atoms with Crippen LogP contribution in [0.1, 0.15) is 18.4 Å². The van der Waals surface area contributed by atoms with Crippen LogP contribution in [0.2, 0.25) is 0 Å². The van der Waals surface area contributed by atoms with Crippen molar-refractivity contribution in [2.75, 3.05) is 34.0 Å². The number of para-hydroxylation sites is 1. The van der Waals surface area contributed by atoms with Crippen molar-refractivity contribution in [2.45, 2.75) is 18.3 Å². The molecule has 0 aromatic heterocycles. The van der Waals surface area contributed by atoms with Gasteiger partial charge in [0.05, 0.1) is 14.2 Å². The van der Waals surface area contributed by atoms with Crippen LogP contribution in [-0.2, 0) is 10.2 Å². The van der Waals surface area contributed by atoms with Crippen molar-refractivity contribution < 1.29 is 23.7 Å². The number of methoxy groups -OCH3 is 2. The van der Waals surface area contributed by atoms with Crippen molar-refractivity contribution in [3.8, 4) is 17.2 Å². The Balaban J connectivity index is 1.76. The Morgan fingerprint density at radius 3 is 2.41 bits per heavy atom. The highest BCUT2D eigenvalue weighted by Gasteiger charge is 2.35. The number of nitrogens with one attached hydrogen (secondary N) is 1. The van der Waals surface area contributed by atoms with Gasteiger partial charge in [0.1, 0.15) is 5.75 Å². The smallest absolute Gasteiger partial charge is 0.412 e. The maximum Gasteiger partial charge on any atom is 0.412 e. The number of amides is 1. The minimum absolute atomic E-state index is 0.243. The molecule has 1 fully saturated rings. The molecular weight excluding hydrogens is 346 g/mol. The summed E-state index contributed by atoms with van der Waals surface area (Å²) in [7, 11) is 3.23. The van der Waals surface area contributed by atoms with E-state index in [-0.39, 0.29) is 5.41 Å². The lowest BCUT2D eigenvalue weighted by molar-refractivity contribution is 0.0499. The Morgan fingerprint density at radius 2 is 1.74 bits per heavy atom. The topological polar surface area (TPSA) is 66.0 Å². The molecule has 2 aromatic rings. The molecule has 3 rings (SSSR count). The molecule has 0 bridgehead atoms. The van der Waals surface area contributed by atoms with Gasteiger partial charge in [-0.2, -0.15) is 0 Å². The average Bonchev–Trinajstić information content (AvgIpc) is 2.73. The highest BCUT2D eigenvalue weighted by Crippen LogP contribution is 2.38. The summed E-state index contributed by atoms with van der Waals surface area (Å²) in [6, 6.07) is 14.9. The van der Waals surface area contributed by atoms with E-state index in [1.54, 1.807) is 26.4 Å².